The van der Waals surface area contributed by atoms with Crippen LogP contribution in [0.1, 0.15) is 91.9 Å². The summed E-state index contributed by atoms with van der Waals surface area (Å²) in [6.07, 6.45) is 12.5. The van der Waals surface area contributed by atoms with Gasteiger partial charge in [0.25, 0.3) is 9.04 Å². The van der Waals surface area contributed by atoms with E-state index in [1.165, 1.54) is 49.7 Å². The van der Waals surface area contributed by atoms with Crippen molar-refractivity contribution in [2.24, 2.45) is 17.8 Å². The molecule has 185 valence electrons. The Hall–Kier alpha value is -2.33. The molecule has 4 bridgehead atoms. The fraction of sp³-hybridized carbons (Fsp3) is 0.516. The van der Waals surface area contributed by atoms with E-state index in [9.17, 15) is 9.90 Å². The van der Waals surface area contributed by atoms with Gasteiger partial charge in [-0.3, -0.25) is 0 Å². The zero-order chi connectivity index (χ0) is 25.0. The van der Waals surface area contributed by atoms with E-state index < -0.39 is 15.0 Å². The molecule has 4 heteroatoms. The molecule has 0 aromatic heterocycles. The van der Waals surface area contributed by atoms with Gasteiger partial charge in [0.05, 0.1) is 5.56 Å². The van der Waals surface area contributed by atoms with E-state index in [0.717, 1.165) is 34.6 Å². The highest BCUT2D eigenvalue weighted by atomic mass is 28.3. The third kappa shape index (κ3) is 4.74. The van der Waals surface area contributed by atoms with Crippen LogP contribution in [-0.2, 0) is 10.8 Å². The molecule has 0 heterocycles. The van der Waals surface area contributed by atoms with Gasteiger partial charge in [-0.15, -0.1) is 0 Å². The molecule has 1 N–H and O–H groups in total. The van der Waals surface area contributed by atoms with Crippen LogP contribution in [-0.4, -0.2) is 20.1 Å². The fourth-order valence-corrected chi connectivity index (χ4v) is 8.16. The Labute approximate surface area is 212 Å². The average Bonchev–Trinajstić information content (AvgIpc) is 2.76. The van der Waals surface area contributed by atoms with Crippen LogP contribution in [0.3, 0.4) is 0 Å². The lowest BCUT2D eigenvalue weighted by molar-refractivity contribution is -0.00658. The number of hydrogen-bond acceptors (Lipinski definition) is 2. The minimum atomic E-state index is -0.958. The van der Waals surface area contributed by atoms with Crippen LogP contribution in [0, 0.1) is 17.8 Å². The molecule has 2 aromatic carbocycles. The summed E-state index contributed by atoms with van der Waals surface area (Å²) in [5, 5.41) is 9.21. The van der Waals surface area contributed by atoms with Crippen LogP contribution in [0.15, 0.2) is 36.4 Å². The zero-order valence-corrected chi connectivity index (χ0v) is 22.9. The van der Waals surface area contributed by atoms with Crippen molar-refractivity contribution in [3.05, 3.63) is 64.2 Å². The molecule has 4 fully saturated rings. The van der Waals surface area contributed by atoms with Gasteiger partial charge in [-0.05, 0) is 98.0 Å². The van der Waals surface area contributed by atoms with Crippen LogP contribution in [0.4, 0.5) is 0 Å². The maximum Gasteiger partial charge on any atom is 0.335 e. The van der Waals surface area contributed by atoms with Gasteiger partial charge in [-0.25, -0.2) is 4.79 Å². The second-order valence-corrected chi connectivity index (χ2v) is 14.6. The highest BCUT2D eigenvalue weighted by molar-refractivity contribution is 6.49. The van der Waals surface area contributed by atoms with Gasteiger partial charge in [-0.2, -0.15) is 0 Å². The molecule has 0 atom stereocenters. The molecule has 2 aromatic rings. The first-order valence-electron chi connectivity index (χ1n) is 13.2. The molecule has 0 unspecified atom stereocenters. The van der Waals surface area contributed by atoms with Gasteiger partial charge in [-0.1, -0.05) is 57.2 Å². The fourth-order valence-electron chi connectivity index (χ4n) is 7.54. The van der Waals surface area contributed by atoms with Crippen LogP contribution in [0.2, 0.25) is 13.1 Å². The predicted octanol–water partition coefficient (Wildman–Crippen LogP) is 7.95. The summed E-state index contributed by atoms with van der Waals surface area (Å²) >= 11 is 0. The second-order valence-electron chi connectivity index (χ2n) is 12.6. The third-order valence-corrected chi connectivity index (χ3v) is 9.10. The molecule has 0 saturated heterocycles. The van der Waals surface area contributed by atoms with E-state index >= 15 is 0 Å². The van der Waals surface area contributed by atoms with Gasteiger partial charge < -0.3 is 9.53 Å². The Balaban J connectivity index is 1.63. The molecule has 4 aliphatic carbocycles. The van der Waals surface area contributed by atoms with Crippen LogP contribution >= 0.6 is 0 Å². The Bertz CT molecular complexity index is 1100. The maximum absolute atomic E-state index is 11.2. The van der Waals surface area contributed by atoms with E-state index in [4.69, 9.17) is 4.43 Å². The van der Waals surface area contributed by atoms with Crippen molar-refractivity contribution in [3.63, 3.8) is 0 Å². The highest BCUT2D eigenvalue weighted by Crippen LogP contribution is 2.63. The van der Waals surface area contributed by atoms with E-state index in [2.05, 4.69) is 58.2 Å². The minimum absolute atomic E-state index is 0.0556. The van der Waals surface area contributed by atoms with Gasteiger partial charge in [0.15, 0.2) is 0 Å². The van der Waals surface area contributed by atoms with Crippen molar-refractivity contribution in [1.29, 1.82) is 0 Å². The Morgan fingerprint density at radius 1 is 0.943 bits per heavy atom. The zero-order valence-electron chi connectivity index (χ0n) is 21.9. The van der Waals surface area contributed by atoms with Gasteiger partial charge in [0, 0.05) is 16.5 Å². The lowest BCUT2D eigenvalue weighted by atomic mass is 9.47. The van der Waals surface area contributed by atoms with Gasteiger partial charge in [0.1, 0.15) is 5.75 Å². The first kappa shape index (κ1) is 24.4. The quantitative estimate of drug-likeness (QED) is 0.332. The van der Waals surface area contributed by atoms with E-state index in [1.54, 1.807) is 12.1 Å². The Morgan fingerprint density at radius 2 is 1.51 bits per heavy atom. The van der Waals surface area contributed by atoms with Crippen molar-refractivity contribution in [2.45, 2.75) is 83.2 Å². The maximum atomic E-state index is 11.2. The summed E-state index contributed by atoms with van der Waals surface area (Å²) in [5.74, 6) is 2.86. The summed E-state index contributed by atoms with van der Waals surface area (Å²) in [7, 11) is -0.958. The molecule has 4 saturated carbocycles. The molecule has 0 spiro atoms. The molecule has 35 heavy (non-hydrogen) atoms. The molecule has 1 radical (unpaired) electrons. The molecule has 0 aliphatic heterocycles. The molecule has 6 rings (SSSR count). The van der Waals surface area contributed by atoms with Crippen LogP contribution in [0.25, 0.3) is 12.2 Å². The molecule has 0 amide bonds. The van der Waals surface area contributed by atoms with Gasteiger partial charge in [0.2, 0.25) is 0 Å². The largest absolute Gasteiger partial charge is 0.542 e. The molecular weight excluding hydrogens is 448 g/mol. The first-order valence-corrected chi connectivity index (χ1v) is 15.6. The average molecular weight is 488 g/mol. The number of aromatic carboxylic acids is 1. The topological polar surface area (TPSA) is 46.5 Å². The normalized spacial score (nSPS) is 27.7. The predicted molar refractivity (Wildman–Crippen MR) is 145 cm³/mol. The lowest BCUT2D eigenvalue weighted by Crippen LogP contribution is -2.49. The standard InChI is InChI=1S/C31H39O3Si/c1-30(2,3)26-13-12-24(9-6-20-7-10-25(11-8-20)29(32)33)28(34-35(4)5)27(26)31-17-21-14-22(18-31)16-23(15-21)19-31/h6-13,21-23H,14-19H2,1-5H3,(H,32,33)/b9-6+. The number of carboxylic acid groups (broad SMARTS) is 1. The van der Waals surface area contributed by atoms with Crippen LogP contribution in [0.5, 0.6) is 5.75 Å². The Morgan fingerprint density at radius 3 is 2.00 bits per heavy atom. The lowest BCUT2D eigenvalue weighted by Gasteiger charge is -2.58. The smallest absolute Gasteiger partial charge is 0.335 e. The van der Waals surface area contributed by atoms with E-state index in [1.807, 2.05) is 12.1 Å². The van der Waals surface area contributed by atoms with E-state index in [-0.39, 0.29) is 10.8 Å². The van der Waals surface area contributed by atoms with Crippen molar-refractivity contribution in [1.82, 2.24) is 0 Å². The number of carbonyl (C=O) groups is 1. The molecular formula is C31H39O3Si. The second kappa shape index (κ2) is 8.96. The minimum Gasteiger partial charge on any atom is -0.542 e. The third-order valence-electron chi connectivity index (χ3n) is 8.48. The summed E-state index contributed by atoms with van der Waals surface area (Å²) in [6, 6.07) is 11.7. The summed E-state index contributed by atoms with van der Waals surface area (Å²) in [6.45, 7) is 11.5. The van der Waals surface area contributed by atoms with E-state index in [0.29, 0.717) is 5.56 Å². The Kier molecular flexibility index (Phi) is 6.23. The van der Waals surface area contributed by atoms with Crippen molar-refractivity contribution >= 4 is 27.2 Å². The van der Waals surface area contributed by atoms with Crippen molar-refractivity contribution < 1.29 is 14.3 Å². The number of benzene rings is 2. The molecule has 3 nitrogen and oxygen atoms in total. The van der Waals surface area contributed by atoms with Crippen molar-refractivity contribution in [2.75, 3.05) is 0 Å². The molecule has 4 aliphatic rings. The summed E-state index contributed by atoms with van der Waals surface area (Å²) < 4.78 is 6.81. The summed E-state index contributed by atoms with van der Waals surface area (Å²) in [4.78, 5) is 11.2. The first-order chi connectivity index (χ1) is 16.5. The number of rotatable bonds is 6. The highest BCUT2D eigenvalue weighted by Gasteiger charge is 2.53. The van der Waals surface area contributed by atoms with Gasteiger partial charge >= 0.3 is 5.97 Å². The SMILES string of the molecule is C[Si](C)Oc1c(/C=C/c2ccc(C(=O)O)cc2)ccc(C(C)(C)C)c1C12CC3CC(CC(C3)C1)C2. The number of hydrogen-bond donors (Lipinski definition) is 1. The van der Waals surface area contributed by atoms with Crippen molar-refractivity contribution in [3.8, 4) is 5.75 Å². The number of carboxylic acids is 1. The summed E-state index contributed by atoms with van der Waals surface area (Å²) in [5.41, 5.74) is 5.73. The van der Waals surface area contributed by atoms with Crippen LogP contribution < -0.4 is 4.43 Å². The monoisotopic (exact) mass is 487 g/mol.